The van der Waals surface area contributed by atoms with Gasteiger partial charge in [-0.25, -0.2) is 0 Å². The van der Waals surface area contributed by atoms with Gasteiger partial charge in [-0.2, -0.15) is 0 Å². The fraction of sp³-hybridized carbons (Fsp3) is 0.889. The van der Waals surface area contributed by atoms with E-state index in [9.17, 15) is 4.79 Å². The largest absolute Gasteiger partial charge is 0.382 e. The highest BCUT2D eigenvalue weighted by Crippen LogP contribution is 2.05. The Morgan fingerprint density at radius 3 is 3.08 bits per heavy atom. The second-order valence-electron chi connectivity index (χ2n) is 3.25. The summed E-state index contributed by atoms with van der Waals surface area (Å²) in [5, 5.41) is 3.25. The lowest BCUT2D eigenvalue weighted by Gasteiger charge is -2.35. The number of amides is 1. The number of carbonyl (C=O) groups excluding carboxylic acids is 1. The van der Waals surface area contributed by atoms with Gasteiger partial charge in [0.1, 0.15) is 0 Å². The topological polar surface area (TPSA) is 41.6 Å². The molecule has 76 valence electrons. The molecule has 0 aromatic rings. The molecule has 1 aliphatic heterocycles. The van der Waals surface area contributed by atoms with Crippen LogP contribution in [0.4, 0.5) is 0 Å². The van der Waals surface area contributed by atoms with Gasteiger partial charge in [-0.05, 0) is 0 Å². The van der Waals surface area contributed by atoms with Gasteiger partial charge in [0.05, 0.1) is 12.6 Å². The van der Waals surface area contributed by atoms with E-state index in [1.54, 1.807) is 7.11 Å². The van der Waals surface area contributed by atoms with Gasteiger partial charge in [0.15, 0.2) is 0 Å². The van der Waals surface area contributed by atoms with Crippen LogP contribution in [-0.2, 0) is 9.53 Å². The highest BCUT2D eigenvalue weighted by Gasteiger charge is 2.24. The predicted octanol–water partition coefficient (Wildman–Crippen LogP) is -0.157. The molecule has 0 saturated carbocycles. The summed E-state index contributed by atoms with van der Waals surface area (Å²) in [6.07, 6.45) is 0.584. The highest BCUT2D eigenvalue weighted by molar-refractivity contribution is 5.76. The van der Waals surface area contributed by atoms with Crippen molar-refractivity contribution in [2.24, 2.45) is 0 Å². The summed E-state index contributed by atoms with van der Waals surface area (Å²) in [7, 11) is 1.67. The number of piperazine rings is 1. The van der Waals surface area contributed by atoms with E-state index in [-0.39, 0.29) is 11.9 Å². The first-order valence-electron chi connectivity index (χ1n) is 4.78. The van der Waals surface area contributed by atoms with Crippen molar-refractivity contribution in [3.8, 4) is 0 Å². The number of nitrogens with zero attached hydrogens (tertiary/aromatic N) is 1. The molecular weight excluding hydrogens is 168 g/mol. The van der Waals surface area contributed by atoms with Crippen LogP contribution in [0.25, 0.3) is 0 Å². The first-order valence-corrected chi connectivity index (χ1v) is 4.78. The molecule has 1 rings (SSSR count). The van der Waals surface area contributed by atoms with Gasteiger partial charge in [-0.15, -0.1) is 0 Å². The summed E-state index contributed by atoms with van der Waals surface area (Å²) < 4.78 is 5.07. The lowest BCUT2D eigenvalue weighted by Crippen LogP contribution is -2.55. The zero-order chi connectivity index (χ0) is 9.68. The minimum absolute atomic E-state index is 0.214. The Bertz CT molecular complexity index is 171. The van der Waals surface area contributed by atoms with E-state index >= 15 is 0 Å². The number of hydrogen-bond donors (Lipinski definition) is 1. The molecule has 0 spiro atoms. The SMILES string of the molecule is CCC(=O)N1CCNCC1COC. The molecule has 0 aromatic heterocycles. The normalized spacial score (nSPS) is 23.2. The molecule has 1 heterocycles. The summed E-state index contributed by atoms with van der Waals surface area (Å²) >= 11 is 0. The zero-order valence-corrected chi connectivity index (χ0v) is 8.38. The van der Waals surface area contributed by atoms with Gasteiger partial charge in [-0.3, -0.25) is 4.79 Å². The minimum atomic E-state index is 0.214. The molecule has 0 aromatic carbocycles. The first-order chi connectivity index (χ1) is 6.29. The lowest BCUT2D eigenvalue weighted by molar-refractivity contribution is -0.135. The van der Waals surface area contributed by atoms with Gasteiger partial charge >= 0.3 is 0 Å². The molecular formula is C9H18N2O2. The lowest BCUT2D eigenvalue weighted by atomic mass is 10.2. The molecule has 1 aliphatic rings. The van der Waals surface area contributed by atoms with Crippen LogP contribution in [0.5, 0.6) is 0 Å². The Hall–Kier alpha value is -0.610. The molecule has 1 amide bonds. The van der Waals surface area contributed by atoms with Crippen LogP contribution in [0.2, 0.25) is 0 Å². The highest BCUT2D eigenvalue weighted by atomic mass is 16.5. The maximum Gasteiger partial charge on any atom is 0.222 e. The molecule has 0 radical (unpaired) electrons. The van der Waals surface area contributed by atoms with E-state index in [2.05, 4.69) is 5.32 Å². The fourth-order valence-electron chi connectivity index (χ4n) is 1.63. The molecule has 4 heteroatoms. The van der Waals surface area contributed by atoms with Crippen LogP contribution >= 0.6 is 0 Å². The van der Waals surface area contributed by atoms with Gasteiger partial charge in [0, 0.05) is 33.2 Å². The molecule has 0 bridgehead atoms. The van der Waals surface area contributed by atoms with Crippen LogP contribution in [0, 0.1) is 0 Å². The van der Waals surface area contributed by atoms with Crippen LogP contribution < -0.4 is 5.32 Å². The third kappa shape index (κ3) is 2.67. The number of nitrogens with one attached hydrogen (secondary N) is 1. The van der Waals surface area contributed by atoms with Gasteiger partial charge in [0.25, 0.3) is 0 Å². The molecule has 1 atom stereocenters. The van der Waals surface area contributed by atoms with E-state index in [1.165, 1.54) is 0 Å². The van der Waals surface area contributed by atoms with Crippen molar-refractivity contribution in [2.75, 3.05) is 33.4 Å². The molecule has 1 saturated heterocycles. The minimum Gasteiger partial charge on any atom is -0.382 e. The Labute approximate surface area is 79.2 Å². The van der Waals surface area contributed by atoms with Crippen LogP contribution in [-0.4, -0.2) is 50.2 Å². The number of ether oxygens (including phenoxy) is 1. The van der Waals surface area contributed by atoms with Crippen molar-refractivity contribution in [3.63, 3.8) is 0 Å². The van der Waals surface area contributed by atoms with E-state index in [0.29, 0.717) is 13.0 Å². The molecule has 13 heavy (non-hydrogen) atoms. The molecule has 4 nitrogen and oxygen atoms in total. The zero-order valence-electron chi connectivity index (χ0n) is 8.38. The number of rotatable bonds is 3. The van der Waals surface area contributed by atoms with Crippen molar-refractivity contribution in [1.82, 2.24) is 10.2 Å². The summed E-state index contributed by atoms with van der Waals surface area (Å²) in [5.74, 6) is 0.226. The standard InChI is InChI=1S/C9H18N2O2/c1-3-9(12)11-5-4-10-6-8(11)7-13-2/h8,10H,3-7H2,1-2H3. The molecule has 1 unspecified atom stereocenters. The van der Waals surface area contributed by atoms with Crippen molar-refractivity contribution in [2.45, 2.75) is 19.4 Å². The quantitative estimate of drug-likeness (QED) is 0.666. The second kappa shape index (κ2) is 5.19. The summed E-state index contributed by atoms with van der Waals surface area (Å²) in [6.45, 7) is 5.07. The maximum absolute atomic E-state index is 11.5. The first kappa shape index (κ1) is 10.5. The maximum atomic E-state index is 11.5. The van der Waals surface area contributed by atoms with Crippen LogP contribution in [0.1, 0.15) is 13.3 Å². The number of hydrogen-bond acceptors (Lipinski definition) is 3. The van der Waals surface area contributed by atoms with Crippen molar-refractivity contribution < 1.29 is 9.53 Å². The second-order valence-corrected chi connectivity index (χ2v) is 3.25. The van der Waals surface area contributed by atoms with Crippen molar-refractivity contribution in [3.05, 3.63) is 0 Å². The van der Waals surface area contributed by atoms with Gasteiger partial charge in [0.2, 0.25) is 5.91 Å². The summed E-state index contributed by atoms with van der Waals surface area (Å²) in [6, 6.07) is 0.214. The van der Waals surface area contributed by atoms with E-state index in [0.717, 1.165) is 19.6 Å². The third-order valence-electron chi connectivity index (χ3n) is 2.33. The monoisotopic (exact) mass is 186 g/mol. The van der Waals surface area contributed by atoms with Crippen molar-refractivity contribution >= 4 is 5.91 Å². The Morgan fingerprint density at radius 2 is 2.46 bits per heavy atom. The van der Waals surface area contributed by atoms with E-state index in [4.69, 9.17) is 4.74 Å². The van der Waals surface area contributed by atoms with Crippen LogP contribution in [0.3, 0.4) is 0 Å². The molecule has 1 N–H and O–H groups in total. The smallest absolute Gasteiger partial charge is 0.222 e. The average molecular weight is 186 g/mol. The molecule has 1 fully saturated rings. The Kier molecular flexibility index (Phi) is 4.18. The molecule has 0 aliphatic carbocycles. The van der Waals surface area contributed by atoms with Gasteiger partial charge in [-0.1, -0.05) is 6.92 Å². The average Bonchev–Trinajstić information content (AvgIpc) is 2.18. The summed E-state index contributed by atoms with van der Waals surface area (Å²) in [4.78, 5) is 13.4. The predicted molar refractivity (Wildman–Crippen MR) is 50.5 cm³/mol. The van der Waals surface area contributed by atoms with E-state index < -0.39 is 0 Å². The number of carbonyl (C=O) groups is 1. The number of methoxy groups -OCH3 is 1. The fourth-order valence-corrected chi connectivity index (χ4v) is 1.63. The van der Waals surface area contributed by atoms with Crippen LogP contribution in [0.15, 0.2) is 0 Å². The Balaban J connectivity index is 2.50. The third-order valence-corrected chi connectivity index (χ3v) is 2.33. The van der Waals surface area contributed by atoms with Crippen molar-refractivity contribution in [1.29, 1.82) is 0 Å². The van der Waals surface area contributed by atoms with Gasteiger partial charge < -0.3 is 15.0 Å². The summed E-state index contributed by atoms with van der Waals surface area (Å²) in [5.41, 5.74) is 0. The van der Waals surface area contributed by atoms with E-state index in [1.807, 2.05) is 11.8 Å². The Morgan fingerprint density at radius 1 is 1.69 bits per heavy atom.